The predicted octanol–water partition coefficient (Wildman–Crippen LogP) is 1.89. The van der Waals surface area contributed by atoms with Crippen molar-refractivity contribution in [2.24, 2.45) is 0 Å². The van der Waals surface area contributed by atoms with Crippen LogP contribution in [0.15, 0.2) is 53.6 Å². The van der Waals surface area contributed by atoms with Crippen molar-refractivity contribution >= 4 is 22.8 Å². The summed E-state index contributed by atoms with van der Waals surface area (Å²) >= 11 is 0. The van der Waals surface area contributed by atoms with Gasteiger partial charge in [-0.1, -0.05) is 18.2 Å². The second kappa shape index (κ2) is 7.57. The van der Waals surface area contributed by atoms with Gasteiger partial charge in [0.05, 0.1) is 10.9 Å². The highest BCUT2D eigenvalue weighted by atomic mass is 16.2. The summed E-state index contributed by atoms with van der Waals surface area (Å²) in [6.45, 7) is 2.30. The number of amides is 1. The lowest BCUT2D eigenvalue weighted by atomic mass is 10.1. The fourth-order valence-electron chi connectivity index (χ4n) is 2.55. The van der Waals surface area contributed by atoms with E-state index in [-0.39, 0.29) is 11.5 Å². The van der Waals surface area contributed by atoms with Gasteiger partial charge in [-0.15, -0.1) is 0 Å². The Balaban J connectivity index is 1.70. The van der Waals surface area contributed by atoms with Crippen LogP contribution in [0.1, 0.15) is 18.9 Å². The van der Waals surface area contributed by atoms with E-state index in [4.69, 9.17) is 0 Å². The maximum absolute atomic E-state index is 12.5. The van der Waals surface area contributed by atoms with Gasteiger partial charge in [-0.2, -0.15) is 0 Å². The minimum atomic E-state index is -0.186. The molecule has 25 heavy (non-hydrogen) atoms. The third kappa shape index (κ3) is 3.82. The van der Waals surface area contributed by atoms with Gasteiger partial charge in [-0.25, -0.2) is 4.98 Å². The zero-order valence-corrected chi connectivity index (χ0v) is 13.9. The van der Waals surface area contributed by atoms with Crippen molar-refractivity contribution in [3.05, 3.63) is 64.7 Å². The number of hydrogen-bond donors (Lipinski definition) is 2. The molecule has 0 bridgehead atoms. The second-order valence-electron chi connectivity index (χ2n) is 5.54. The number of aromatic nitrogens is 3. The number of carbonyl (C=O) groups is 1. The highest BCUT2D eigenvalue weighted by Gasteiger charge is 2.10. The number of rotatable bonds is 6. The van der Waals surface area contributed by atoms with E-state index >= 15 is 0 Å². The van der Waals surface area contributed by atoms with Gasteiger partial charge in [-0.05, 0) is 37.1 Å². The van der Waals surface area contributed by atoms with Crippen LogP contribution in [0.2, 0.25) is 0 Å². The lowest BCUT2D eigenvalue weighted by Gasteiger charge is -2.14. The van der Waals surface area contributed by atoms with Crippen LogP contribution in [0.5, 0.6) is 0 Å². The second-order valence-corrected chi connectivity index (χ2v) is 5.54. The first kappa shape index (κ1) is 16.6. The monoisotopic (exact) mass is 337 g/mol. The van der Waals surface area contributed by atoms with Gasteiger partial charge in [0, 0.05) is 25.4 Å². The van der Waals surface area contributed by atoms with Crippen molar-refractivity contribution in [3.8, 4) is 0 Å². The van der Waals surface area contributed by atoms with Crippen molar-refractivity contribution in [2.45, 2.75) is 26.3 Å². The smallest absolute Gasteiger partial charge is 0.262 e. The third-order valence-corrected chi connectivity index (χ3v) is 3.86. The molecule has 7 nitrogen and oxygen atoms in total. The summed E-state index contributed by atoms with van der Waals surface area (Å²) < 4.78 is 1.49. The number of para-hydroxylation sites is 1. The Hall–Kier alpha value is -3.22. The molecule has 0 radical (unpaired) electrons. The fraction of sp³-hybridized carbons (Fsp3) is 0.222. The maximum atomic E-state index is 12.5. The van der Waals surface area contributed by atoms with Crippen LogP contribution in [0, 0.1) is 0 Å². The quantitative estimate of drug-likeness (QED) is 0.671. The van der Waals surface area contributed by atoms with Crippen molar-refractivity contribution in [1.82, 2.24) is 20.0 Å². The lowest BCUT2D eigenvalue weighted by Crippen LogP contribution is -2.34. The average Bonchev–Trinajstić information content (AvgIpc) is 2.65. The zero-order chi connectivity index (χ0) is 17.6. The largest absolute Gasteiger partial charge is 0.277 e. The molecule has 0 saturated carbocycles. The highest BCUT2D eigenvalue weighted by molar-refractivity contribution is 5.80. The fourth-order valence-corrected chi connectivity index (χ4v) is 2.55. The zero-order valence-electron chi connectivity index (χ0n) is 13.9. The van der Waals surface area contributed by atoms with E-state index in [0.29, 0.717) is 36.2 Å². The van der Waals surface area contributed by atoms with Gasteiger partial charge in [0.25, 0.3) is 5.56 Å². The molecule has 0 unspecified atom stereocenters. The summed E-state index contributed by atoms with van der Waals surface area (Å²) in [4.78, 5) is 33.0. The van der Waals surface area contributed by atoms with Gasteiger partial charge >= 0.3 is 0 Å². The molecule has 2 heterocycles. The molecule has 3 rings (SSSR count). The molecule has 0 aliphatic rings. The first-order valence-electron chi connectivity index (χ1n) is 8.12. The number of carbonyl (C=O) groups excluding carboxylic acids is 1. The van der Waals surface area contributed by atoms with Gasteiger partial charge in [0.15, 0.2) is 0 Å². The molecule has 0 aliphatic heterocycles. The first-order chi connectivity index (χ1) is 12.2. The SMILES string of the molecule is CCn1c(NNC(=O)CCc2cccnc2)nc2ccccc2c1=O. The number of fused-ring (bicyclic) bond motifs is 1. The Bertz CT molecular complexity index is 937. The van der Waals surface area contributed by atoms with Crippen molar-refractivity contribution in [2.75, 3.05) is 5.43 Å². The molecule has 1 aromatic carbocycles. The number of pyridine rings is 1. The number of hydrazine groups is 1. The Morgan fingerprint density at radius 1 is 1.20 bits per heavy atom. The molecule has 0 saturated heterocycles. The van der Waals surface area contributed by atoms with E-state index in [2.05, 4.69) is 20.8 Å². The average molecular weight is 337 g/mol. The number of benzene rings is 1. The molecule has 7 heteroatoms. The summed E-state index contributed by atoms with van der Waals surface area (Å²) in [5, 5.41) is 0.554. The number of nitrogens with zero attached hydrogens (tertiary/aromatic N) is 3. The van der Waals surface area contributed by atoms with E-state index in [1.165, 1.54) is 4.57 Å². The predicted molar refractivity (Wildman–Crippen MR) is 96.0 cm³/mol. The highest BCUT2D eigenvalue weighted by Crippen LogP contribution is 2.10. The minimum absolute atomic E-state index is 0.139. The Morgan fingerprint density at radius 3 is 2.80 bits per heavy atom. The van der Waals surface area contributed by atoms with E-state index < -0.39 is 0 Å². The number of aryl methyl sites for hydroxylation is 1. The molecule has 3 aromatic rings. The van der Waals surface area contributed by atoms with E-state index in [1.54, 1.807) is 30.6 Å². The normalized spacial score (nSPS) is 10.6. The van der Waals surface area contributed by atoms with Crippen LogP contribution in [-0.2, 0) is 17.8 Å². The molecule has 128 valence electrons. The Morgan fingerprint density at radius 2 is 2.04 bits per heavy atom. The molecule has 0 fully saturated rings. The molecule has 2 N–H and O–H groups in total. The van der Waals surface area contributed by atoms with Crippen LogP contribution in [0.3, 0.4) is 0 Å². The van der Waals surface area contributed by atoms with E-state index in [1.807, 2.05) is 25.1 Å². The Labute approximate surface area is 144 Å². The molecule has 0 aliphatic carbocycles. The summed E-state index contributed by atoms with van der Waals surface area (Å²) in [7, 11) is 0. The Kier molecular flexibility index (Phi) is 5.03. The first-order valence-corrected chi connectivity index (χ1v) is 8.12. The van der Waals surface area contributed by atoms with Crippen LogP contribution >= 0.6 is 0 Å². The molecule has 2 aromatic heterocycles. The van der Waals surface area contributed by atoms with E-state index in [0.717, 1.165) is 5.56 Å². The van der Waals surface area contributed by atoms with Gasteiger partial charge in [-0.3, -0.25) is 30.0 Å². The van der Waals surface area contributed by atoms with Crippen molar-refractivity contribution in [1.29, 1.82) is 0 Å². The van der Waals surface area contributed by atoms with Gasteiger partial charge in [0.2, 0.25) is 11.9 Å². The lowest BCUT2D eigenvalue weighted by molar-refractivity contribution is -0.120. The summed E-state index contributed by atoms with van der Waals surface area (Å²) in [5.74, 6) is 0.134. The molecule has 1 amide bonds. The number of hydrogen-bond acceptors (Lipinski definition) is 5. The topological polar surface area (TPSA) is 88.9 Å². The molecule has 0 spiro atoms. The van der Waals surface area contributed by atoms with Crippen molar-refractivity contribution < 1.29 is 4.79 Å². The minimum Gasteiger partial charge on any atom is -0.277 e. The third-order valence-electron chi connectivity index (χ3n) is 3.86. The van der Waals surface area contributed by atoms with Crippen LogP contribution in [0.4, 0.5) is 5.95 Å². The number of nitrogens with one attached hydrogen (secondary N) is 2. The maximum Gasteiger partial charge on any atom is 0.262 e. The van der Waals surface area contributed by atoms with Gasteiger partial charge in [0.1, 0.15) is 0 Å². The molecular formula is C18H19N5O2. The van der Waals surface area contributed by atoms with E-state index in [9.17, 15) is 9.59 Å². The van der Waals surface area contributed by atoms with Crippen LogP contribution in [0.25, 0.3) is 10.9 Å². The summed E-state index contributed by atoms with van der Waals surface area (Å²) in [5.41, 5.74) is 6.82. The van der Waals surface area contributed by atoms with Crippen LogP contribution in [-0.4, -0.2) is 20.4 Å². The van der Waals surface area contributed by atoms with Crippen LogP contribution < -0.4 is 16.4 Å². The molecule has 0 atom stereocenters. The van der Waals surface area contributed by atoms with Crippen molar-refractivity contribution in [3.63, 3.8) is 0 Å². The number of anilines is 1. The summed E-state index contributed by atoms with van der Waals surface area (Å²) in [6, 6.07) is 10.9. The standard InChI is InChI=1S/C18H19N5O2/c1-2-23-17(25)14-7-3-4-8-15(14)20-18(23)22-21-16(24)10-9-13-6-5-11-19-12-13/h3-8,11-12H,2,9-10H2,1H3,(H,20,22)(H,21,24). The molecular weight excluding hydrogens is 318 g/mol. The summed E-state index contributed by atoms with van der Waals surface area (Å²) in [6.07, 6.45) is 4.33. The van der Waals surface area contributed by atoms with Gasteiger partial charge < -0.3 is 0 Å².